The average Bonchev–Trinajstić information content (AvgIpc) is 3.79. The van der Waals surface area contributed by atoms with Gasteiger partial charge in [-0.3, -0.25) is 0 Å². The summed E-state index contributed by atoms with van der Waals surface area (Å²) in [6.07, 6.45) is 0. The molecule has 3 heteroatoms. The van der Waals surface area contributed by atoms with E-state index < -0.39 is 0 Å². The number of hydrogen-bond donors (Lipinski definition) is 0. The van der Waals surface area contributed by atoms with Gasteiger partial charge in [0.2, 0.25) is 0 Å². The summed E-state index contributed by atoms with van der Waals surface area (Å²) in [6.45, 7) is 4.68. The van der Waals surface area contributed by atoms with Crippen molar-refractivity contribution in [3.8, 4) is 61.5 Å². The SMILES string of the molecule is CC1(C)c2ccccc2-c2ccc(N(c3ccc(-c4ccccc4)cc3)c3ccc(-c4ccc5c(c4)c(-c4ccccc4)c(-c4ccccc4)n5-c4ccc(F)cc4)cc3)cc21. The first-order valence-corrected chi connectivity index (χ1v) is 21.3. The van der Waals surface area contributed by atoms with Crippen LogP contribution in [-0.2, 0) is 5.41 Å². The van der Waals surface area contributed by atoms with E-state index in [4.69, 9.17) is 0 Å². The normalized spacial score (nSPS) is 12.6. The van der Waals surface area contributed by atoms with Crippen LogP contribution < -0.4 is 4.90 Å². The number of anilines is 3. The first-order chi connectivity index (χ1) is 30.4. The van der Waals surface area contributed by atoms with Crippen LogP contribution in [0.5, 0.6) is 0 Å². The minimum Gasteiger partial charge on any atom is -0.310 e. The van der Waals surface area contributed by atoms with Crippen LogP contribution in [0.1, 0.15) is 25.0 Å². The van der Waals surface area contributed by atoms with Gasteiger partial charge < -0.3 is 9.47 Å². The van der Waals surface area contributed by atoms with Crippen molar-refractivity contribution in [1.82, 2.24) is 4.57 Å². The van der Waals surface area contributed by atoms with E-state index in [-0.39, 0.29) is 11.2 Å². The van der Waals surface area contributed by atoms with E-state index >= 15 is 0 Å². The van der Waals surface area contributed by atoms with Gasteiger partial charge in [0.05, 0.1) is 11.2 Å². The number of fused-ring (bicyclic) bond motifs is 4. The molecule has 0 spiro atoms. The molecule has 0 unspecified atom stereocenters. The van der Waals surface area contributed by atoms with E-state index in [1.54, 1.807) is 0 Å². The lowest BCUT2D eigenvalue weighted by Gasteiger charge is -2.28. The van der Waals surface area contributed by atoms with Gasteiger partial charge in [-0.1, -0.05) is 166 Å². The molecule has 1 aromatic heterocycles. The molecular formula is C59H43FN2. The standard InChI is InChI=1S/C59H43FN2/c1-59(2)54-21-13-12-20-51(54)52-36-35-50(39-55(52)59)61(47-29-22-41(23-30-47)40-14-6-3-7-15-40)48-31-24-42(25-32-48)45-26-37-56-53(38-45)57(43-16-8-4-9-17-43)58(44-18-10-5-11-19-44)62(56)49-33-27-46(60)28-34-49/h3-39H,1-2H3. The Hall–Kier alpha value is -7.75. The minimum atomic E-state index is -0.256. The van der Waals surface area contributed by atoms with E-state index in [0.717, 1.165) is 67.2 Å². The van der Waals surface area contributed by atoms with Gasteiger partial charge in [0.1, 0.15) is 5.82 Å². The molecule has 0 atom stereocenters. The van der Waals surface area contributed by atoms with Gasteiger partial charge in [0, 0.05) is 39.1 Å². The van der Waals surface area contributed by atoms with Gasteiger partial charge in [0.25, 0.3) is 0 Å². The molecule has 0 amide bonds. The number of aromatic nitrogens is 1. The molecule has 1 aliphatic rings. The fraction of sp³-hybridized carbons (Fsp3) is 0.0508. The highest BCUT2D eigenvalue weighted by atomic mass is 19.1. The van der Waals surface area contributed by atoms with Crippen molar-refractivity contribution in [2.45, 2.75) is 19.3 Å². The third kappa shape index (κ3) is 6.33. The van der Waals surface area contributed by atoms with Gasteiger partial charge >= 0.3 is 0 Å². The highest BCUT2D eigenvalue weighted by molar-refractivity contribution is 6.07. The van der Waals surface area contributed by atoms with E-state index in [2.05, 4.69) is 217 Å². The zero-order valence-electron chi connectivity index (χ0n) is 34.6. The average molecular weight is 799 g/mol. The summed E-state index contributed by atoms with van der Waals surface area (Å²) in [5.74, 6) is -0.256. The molecule has 0 saturated heterocycles. The lowest BCUT2D eigenvalue weighted by Crippen LogP contribution is -2.16. The smallest absolute Gasteiger partial charge is 0.123 e. The number of benzene rings is 9. The van der Waals surface area contributed by atoms with Crippen LogP contribution in [0.25, 0.3) is 72.4 Å². The van der Waals surface area contributed by atoms with Gasteiger partial charge in [-0.25, -0.2) is 4.39 Å². The molecule has 1 aliphatic carbocycles. The highest BCUT2D eigenvalue weighted by Gasteiger charge is 2.35. The lowest BCUT2D eigenvalue weighted by molar-refractivity contribution is 0.627. The Kier molecular flexibility index (Phi) is 9.05. The van der Waals surface area contributed by atoms with Crippen molar-refractivity contribution in [1.29, 1.82) is 0 Å². The predicted octanol–water partition coefficient (Wildman–Crippen LogP) is 16.2. The lowest BCUT2D eigenvalue weighted by atomic mass is 9.82. The van der Waals surface area contributed by atoms with Crippen molar-refractivity contribution in [3.05, 3.63) is 241 Å². The van der Waals surface area contributed by atoms with E-state index in [1.165, 1.54) is 45.5 Å². The third-order valence-electron chi connectivity index (χ3n) is 12.7. The van der Waals surface area contributed by atoms with Crippen LogP contribution in [0, 0.1) is 5.82 Å². The van der Waals surface area contributed by atoms with Crippen LogP contribution >= 0.6 is 0 Å². The van der Waals surface area contributed by atoms with Gasteiger partial charge in [-0.05, 0) is 128 Å². The predicted molar refractivity (Wildman–Crippen MR) is 257 cm³/mol. The largest absolute Gasteiger partial charge is 0.310 e. The van der Waals surface area contributed by atoms with E-state index in [0.29, 0.717) is 0 Å². The first-order valence-electron chi connectivity index (χ1n) is 21.3. The minimum absolute atomic E-state index is 0.123. The molecule has 0 aliphatic heterocycles. The van der Waals surface area contributed by atoms with Gasteiger partial charge in [0.15, 0.2) is 0 Å². The summed E-state index contributed by atoms with van der Waals surface area (Å²) in [4.78, 5) is 2.38. The molecule has 2 nitrogen and oxygen atoms in total. The second-order valence-corrected chi connectivity index (χ2v) is 16.7. The molecule has 9 aromatic carbocycles. The van der Waals surface area contributed by atoms with Gasteiger partial charge in [-0.15, -0.1) is 0 Å². The van der Waals surface area contributed by atoms with Crippen LogP contribution in [0.4, 0.5) is 21.5 Å². The molecule has 62 heavy (non-hydrogen) atoms. The zero-order valence-corrected chi connectivity index (χ0v) is 34.6. The maximum Gasteiger partial charge on any atom is 0.123 e. The summed E-state index contributed by atoms with van der Waals surface area (Å²) >= 11 is 0. The Labute approximate surface area is 362 Å². The summed E-state index contributed by atoms with van der Waals surface area (Å²) in [5, 5.41) is 1.13. The quantitative estimate of drug-likeness (QED) is 0.149. The van der Waals surface area contributed by atoms with Crippen molar-refractivity contribution < 1.29 is 4.39 Å². The summed E-state index contributed by atoms with van der Waals surface area (Å²) < 4.78 is 16.6. The molecule has 11 rings (SSSR count). The second-order valence-electron chi connectivity index (χ2n) is 16.7. The maximum atomic E-state index is 14.3. The third-order valence-corrected chi connectivity index (χ3v) is 12.7. The molecule has 0 bridgehead atoms. The van der Waals surface area contributed by atoms with Crippen molar-refractivity contribution in [2.24, 2.45) is 0 Å². The van der Waals surface area contributed by atoms with Crippen LogP contribution in [-0.4, -0.2) is 4.57 Å². The van der Waals surface area contributed by atoms with Gasteiger partial charge in [-0.2, -0.15) is 0 Å². The van der Waals surface area contributed by atoms with E-state index in [9.17, 15) is 4.39 Å². The fourth-order valence-electron chi connectivity index (χ4n) is 9.61. The summed E-state index contributed by atoms with van der Waals surface area (Å²) in [7, 11) is 0. The Morgan fingerprint density at radius 1 is 0.403 bits per heavy atom. The zero-order chi connectivity index (χ0) is 41.8. The molecule has 0 fully saturated rings. The Balaban J connectivity index is 1.04. The molecule has 1 heterocycles. The van der Waals surface area contributed by atoms with Crippen LogP contribution in [0.3, 0.4) is 0 Å². The monoisotopic (exact) mass is 798 g/mol. The molecule has 296 valence electrons. The van der Waals surface area contributed by atoms with Crippen molar-refractivity contribution >= 4 is 28.0 Å². The van der Waals surface area contributed by atoms with E-state index in [1.807, 2.05) is 18.2 Å². The van der Waals surface area contributed by atoms with Crippen LogP contribution in [0.2, 0.25) is 0 Å². The van der Waals surface area contributed by atoms with Crippen molar-refractivity contribution in [2.75, 3.05) is 4.90 Å². The first kappa shape index (κ1) is 37.3. The molecule has 0 radical (unpaired) electrons. The Bertz CT molecular complexity index is 3220. The number of nitrogens with zero attached hydrogens (tertiary/aromatic N) is 2. The number of rotatable bonds is 8. The van der Waals surface area contributed by atoms with Crippen LogP contribution in [0.15, 0.2) is 224 Å². The number of hydrogen-bond acceptors (Lipinski definition) is 1. The Morgan fingerprint density at radius 3 is 1.55 bits per heavy atom. The molecular weight excluding hydrogens is 756 g/mol. The van der Waals surface area contributed by atoms with Crippen molar-refractivity contribution in [3.63, 3.8) is 0 Å². The maximum absolute atomic E-state index is 14.3. The fourth-order valence-corrected chi connectivity index (χ4v) is 9.61. The number of halogens is 1. The second kappa shape index (κ2) is 15.1. The highest BCUT2D eigenvalue weighted by Crippen LogP contribution is 2.51. The summed E-state index contributed by atoms with van der Waals surface area (Å²) in [6, 6.07) is 78.9. The molecule has 10 aromatic rings. The summed E-state index contributed by atoms with van der Waals surface area (Å²) in [5.41, 5.74) is 19.5. The molecule has 0 N–H and O–H groups in total. The molecule has 0 saturated carbocycles. The Morgan fingerprint density at radius 2 is 0.903 bits per heavy atom. The topological polar surface area (TPSA) is 8.17 Å².